The van der Waals surface area contributed by atoms with E-state index in [9.17, 15) is 9.59 Å². The minimum Gasteiger partial charge on any atom is -0.512 e. The van der Waals surface area contributed by atoms with Crippen molar-refractivity contribution < 1.29 is 68.8 Å². The van der Waals surface area contributed by atoms with Gasteiger partial charge in [-0.3, -0.25) is 9.59 Å². The molecule has 0 aliphatic rings. The van der Waals surface area contributed by atoms with Gasteiger partial charge in [0.2, 0.25) is 11.4 Å². The molecule has 2 radical (unpaired) electrons. The maximum absolute atomic E-state index is 10.0. The smallest absolute Gasteiger partial charge is 0.216 e. The summed E-state index contributed by atoms with van der Waals surface area (Å²) in [5, 5.41) is 23.2. The summed E-state index contributed by atoms with van der Waals surface area (Å²) in [5.41, 5.74) is 17.1. The van der Waals surface area contributed by atoms with Crippen molar-refractivity contribution in [2.45, 2.75) is 62.3 Å². The van der Waals surface area contributed by atoms with E-state index in [0.29, 0.717) is 11.4 Å². The van der Waals surface area contributed by atoms with E-state index in [1.54, 1.807) is 22.7 Å². The summed E-state index contributed by atoms with van der Waals surface area (Å²) in [5.74, 6) is -0.125. The Bertz CT molecular complexity index is 4540. The van der Waals surface area contributed by atoms with Crippen LogP contribution in [0.2, 0.25) is 0 Å². The molecule has 0 saturated heterocycles. The summed E-state index contributed by atoms with van der Waals surface area (Å²) in [6, 6.07) is 55.2. The van der Waals surface area contributed by atoms with Crippen molar-refractivity contribution in [2.75, 3.05) is 0 Å². The fourth-order valence-corrected chi connectivity index (χ4v) is 12.0. The number of carbonyl (C=O) groups excluding carboxylic acids is 2. The number of fused-ring (bicyclic) bond motifs is 8. The minimum absolute atomic E-state index is 0. The molecule has 0 amide bonds. The molecule has 0 unspecified atom stereocenters. The van der Waals surface area contributed by atoms with Crippen LogP contribution in [-0.2, 0) is 49.8 Å². The molecule has 13 aromatic rings. The zero-order valence-corrected chi connectivity index (χ0v) is 53.3. The molecule has 0 fully saturated rings. The third-order valence-electron chi connectivity index (χ3n) is 13.4. The first-order valence-corrected chi connectivity index (χ1v) is 27.8. The number of hydrogen-bond donors (Lipinski definition) is 2. The third-order valence-corrected chi connectivity index (χ3v) is 15.8. The van der Waals surface area contributed by atoms with Gasteiger partial charge in [0.25, 0.3) is 0 Å². The van der Waals surface area contributed by atoms with Crippen LogP contribution in [0, 0.1) is 46.8 Å². The van der Waals surface area contributed by atoms with Gasteiger partial charge >= 0.3 is 0 Å². The number of aromatic nitrogens is 4. The molecule has 14 heteroatoms. The maximum Gasteiger partial charge on any atom is 0.216 e. The molecule has 83 heavy (non-hydrogen) atoms. The summed E-state index contributed by atoms with van der Waals surface area (Å²) in [6.45, 7) is 16.2. The van der Waals surface area contributed by atoms with Crippen LogP contribution in [0.5, 0.6) is 0 Å². The van der Waals surface area contributed by atoms with Gasteiger partial charge in [0.05, 0.1) is 32.1 Å². The van der Waals surface area contributed by atoms with E-state index < -0.39 is 0 Å². The second-order valence-corrected chi connectivity index (χ2v) is 22.0. The fourth-order valence-electron chi connectivity index (χ4n) is 9.82. The quantitative estimate of drug-likeness (QED) is 0.0896. The van der Waals surface area contributed by atoms with Crippen LogP contribution in [-0.4, -0.2) is 41.7 Å². The number of ketones is 2. The van der Waals surface area contributed by atoms with Gasteiger partial charge in [-0.05, 0) is 154 Å². The molecule has 13 rings (SSSR count). The van der Waals surface area contributed by atoms with Crippen molar-refractivity contribution in [1.82, 2.24) is 19.9 Å². The molecule has 0 aliphatic carbocycles. The number of benzene rings is 5. The monoisotopic (exact) mass is 1490 g/mol. The average molecular weight is 1490 g/mol. The fraction of sp³-hybridized carbons (Fsp3) is 0.130. The Balaban J connectivity index is 0.000000175. The average Bonchev–Trinajstić information content (AvgIpc) is 2.97. The van der Waals surface area contributed by atoms with E-state index in [1.807, 2.05) is 68.7 Å². The predicted octanol–water partition coefficient (Wildman–Crippen LogP) is 18.7. The maximum atomic E-state index is 10.0. The second kappa shape index (κ2) is 26.5. The molecule has 420 valence electrons. The predicted molar refractivity (Wildman–Crippen MR) is 332 cm³/mol. The Morgan fingerprint density at radius 3 is 1.53 bits per heavy atom. The number of aryl methyl sites for hydroxylation is 5. The molecule has 5 aromatic carbocycles. The third kappa shape index (κ3) is 13.6. The van der Waals surface area contributed by atoms with Crippen molar-refractivity contribution >= 4 is 98.6 Å². The van der Waals surface area contributed by atoms with Crippen LogP contribution in [0.15, 0.2) is 184 Å². The summed E-state index contributed by atoms with van der Waals surface area (Å²) in [4.78, 5) is 41.2. The zero-order chi connectivity index (χ0) is 57.1. The number of pyridine rings is 4. The van der Waals surface area contributed by atoms with E-state index >= 15 is 0 Å². The van der Waals surface area contributed by atoms with E-state index in [-0.39, 0.29) is 63.3 Å². The Kier molecular flexibility index (Phi) is 19.4. The van der Waals surface area contributed by atoms with E-state index in [1.165, 1.54) is 104 Å². The SMILES string of the molecule is CC(=O)C=C(C)O.CC(=O)C=C(C)O.Cc1ccc2c(n1)oc1c(-c3cc4c(C)c(-c5ccccc5)sc4cn3)[c-]ccc12.Cc1ccc2c(n1)oc1c(-c3cc4cc(-c5ccc(-c6c(C)cccc6C)cc5)sc4cn3)[c-]ccc12.[Ir].[Ir]. The number of thiophene rings is 2. The summed E-state index contributed by atoms with van der Waals surface area (Å²) in [6.07, 6.45) is 6.26. The molecule has 0 atom stereocenters. The van der Waals surface area contributed by atoms with Crippen LogP contribution in [0.4, 0.5) is 0 Å². The Morgan fingerprint density at radius 1 is 0.518 bits per heavy atom. The number of furan rings is 2. The van der Waals surface area contributed by atoms with E-state index in [0.717, 1.165) is 71.3 Å². The normalized spacial score (nSPS) is 11.3. The van der Waals surface area contributed by atoms with Gasteiger partial charge in [0.1, 0.15) is 0 Å². The number of hydrogen-bond acceptors (Lipinski definition) is 12. The number of carbonyl (C=O) groups is 2. The van der Waals surface area contributed by atoms with Crippen molar-refractivity contribution in [3.8, 4) is 54.5 Å². The molecular formula is C69H56Ir2N4O6S2-2. The summed E-state index contributed by atoms with van der Waals surface area (Å²) in [7, 11) is 0. The van der Waals surface area contributed by atoms with Gasteiger partial charge in [-0.1, -0.05) is 107 Å². The first-order chi connectivity index (χ1) is 39.0. The van der Waals surface area contributed by atoms with Crippen LogP contribution in [0.25, 0.3) is 119 Å². The number of allylic oxidation sites excluding steroid dienone is 4. The van der Waals surface area contributed by atoms with Crippen LogP contribution in [0.1, 0.15) is 55.8 Å². The molecule has 0 saturated carbocycles. The number of aliphatic hydroxyl groups is 2. The Morgan fingerprint density at radius 2 is 1.02 bits per heavy atom. The number of nitrogens with zero attached hydrogens (tertiary/aromatic N) is 4. The van der Waals surface area contributed by atoms with Gasteiger partial charge in [0, 0.05) is 96.7 Å². The molecule has 0 bridgehead atoms. The Labute approximate surface area is 516 Å². The van der Waals surface area contributed by atoms with Gasteiger partial charge in [-0.2, -0.15) is 0 Å². The van der Waals surface area contributed by atoms with Crippen molar-refractivity contribution in [3.63, 3.8) is 0 Å². The topological polar surface area (TPSA) is 152 Å². The molecule has 10 nitrogen and oxygen atoms in total. The van der Waals surface area contributed by atoms with Gasteiger partial charge < -0.3 is 29.0 Å². The van der Waals surface area contributed by atoms with Crippen LogP contribution in [0.3, 0.4) is 0 Å². The van der Waals surface area contributed by atoms with E-state index in [4.69, 9.17) is 29.0 Å². The van der Waals surface area contributed by atoms with Crippen molar-refractivity contribution in [2.24, 2.45) is 0 Å². The molecule has 8 heterocycles. The number of aliphatic hydroxyl groups excluding tert-OH is 2. The molecular weight excluding hydrogens is 1430 g/mol. The first-order valence-electron chi connectivity index (χ1n) is 26.2. The molecule has 0 spiro atoms. The van der Waals surface area contributed by atoms with Gasteiger partial charge in [-0.25, -0.2) is 9.97 Å². The Hall–Kier alpha value is -8.06. The van der Waals surface area contributed by atoms with Gasteiger partial charge in [0.15, 0.2) is 11.6 Å². The summed E-state index contributed by atoms with van der Waals surface area (Å²) < 4.78 is 14.7. The zero-order valence-electron chi connectivity index (χ0n) is 46.9. The molecule has 8 aromatic heterocycles. The van der Waals surface area contributed by atoms with Gasteiger partial charge in [-0.15, -0.1) is 59.1 Å². The number of rotatable bonds is 7. The second-order valence-electron chi connectivity index (χ2n) is 19.8. The van der Waals surface area contributed by atoms with Crippen LogP contribution < -0.4 is 0 Å². The van der Waals surface area contributed by atoms with Crippen molar-refractivity contribution in [1.29, 1.82) is 0 Å². The summed E-state index contributed by atoms with van der Waals surface area (Å²) >= 11 is 3.55. The first kappa shape index (κ1) is 61.0. The van der Waals surface area contributed by atoms with Crippen LogP contribution >= 0.6 is 22.7 Å². The molecule has 2 N–H and O–H groups in total. The van der Waals surface area contributed by atoms with E-state index in [2.05, 4.69) is 140 Å². The largest absolute Gasteiger partial charge is 0.512 e. The van der Waals surface area contributed by atoms with Crippen molar-refractivity contribution in [3.05, 3.63) is 216 Å². The minimum atomic E-state index is -0.125. The standard InChI is InChI=1S/C33H23N2OS.C26H17N2OS.2C5H8O2.2Ir/c1-19-6-4-7-20(2)31(19)23-13-11-22(12-14-23)29-17-24-16-28(34-18-30(24)37-29)27-9-5-8-25-26-15-10-21(3)35-33(26)36-32(25)27;1-15-11-12-19-18-9-6-10-20(24(18)29-26(19)28-15)22-13-21-16(2)25(30-23(21)14-27-22)17-7-4-3-5-8-17;2*1-4(6)3-5(2)7;;/h4-8,10-18H,1-3H3;3-9,11-14H,1-2H3;2*3,6H,1-2H3;;/q2*-1;;;;. The molecule has 0 aliphatic heterocycles.